The fraction of sp³-hybridized carbons (Fsp3) is 0.462. The number of carbonyl (C=O) groups is 1. The molecule has 1 aliphatic rings. The molecule has 1 aliphatic heterocycles. The van der Waals surface area contributed by atoms with E-state index >= 15 is 0 Å². The number of hydrogen-bond acceptors (Lipinski definition) is 3. The summed E-state index contributed by atoms with van der Waals surface area (Å²) < 4.78 is 5.11. The van der Waals surface area contributed by atoms with Crippen LogP contribution in [0.15, 0.2) is 18.2 Å². The molecule has 4 heteroatoms. The lowest BCUT2D eigenvalue weighted by molar-refractivity contribution is -0.136. The quantitative estimate of drug-likeness (QED) is 0.843. The van der Waals surface area contributed by atoms with Crippen LogP contribution in [0.25, 0.3) is 0 Å². The minimum absolute atomic E-state index is 0.188. The van der Waals surface area contributed by atoms with Gasteiger partial charge in [-0.2, -0.15) is 0 Å². The summed E-state index contributed by atoms with van der Waals surface area (Å²) in [6, 6.07) is 6.29. The van der Waals surface area contributed by atoms with Crippen LogP contribution in [0.3, 0.4) is 0 Å². The molecule has 0 aliphatic carbocycles. The normalized spacial score (nSPS) is 13.8. The lowest BCUT2D eigenvalue weighted by atomic mass is 10.1. The smallest absolute Gasteiger partial charge is 0.305 e. The van der Waals surface area contributed by atoms with Crippen LogP contribution in [0, 0.1) is 0 Å². The standard InChI is InChI=1S/C13H17NO3/c1-17-9-10-2-3-11-4-6-14(12(11)8-10)7-5-13(15)16/h2-3,8H,4-7,9H2,1H3,(H,15,16). The molecule has 0 saturated heterocycles. The fourth-order valence-corrected chi connectivity index (χ4v) is 2.21. The van der Waals surface area contributed by atoms with Gasteiger partial charge in [-0.1, -0.05) is 12.1 Å². The van der Waals surface area contributed by atoms with Crippen LogP contribution in [0.4, 0.5) is 5.69 Å². The summed E-state index contributed by atoms with van der Waals surface area (Å²) in [6.45, 7) is 2.10. The Labute approximate surface area is 101 Å². The average molecular weight is 235 g/mol. The summed E-state index contributed by atoms with van der Waals surface area (Å²) in [4.78, 5) is 12.7. The van der Waals surface area contributed by atoms with Gasteiger partial charge in [0.25, 0.3) is 0 Å². The van der Waals surface area contributed by atoms with E-state index in [4.69, 9.17) is 9.84 Å². The van der Waals surface area contributed by atoms with Crippen molar-refractivity contribution in [2.24, 2.45) is 0 Å². The van der Waals surface area contributed by atoms with E-state index in [1.165, 1.54) is 11.3 Å². The molecule has 0 spiro atoms. The first-order chi connectivity index (χ1) is 8.20. The van der Waals surface area contributed by atoms with Crippen LogP contribution in [0.5, 0.6) is 0 Å². The second-order valence-corrected chi connectivity index (χ2v) is 4.28. The molecule has 2 rings (SSSR count). The van der Waals surface area contributed by atoms with E-state index in [0.29, 0.717) is 13.2 Å². The Balaban J connectivity index is 2.11. The maximum atomic E-state index is 10.6. The number of ether oxygens (including phenoxy) is 1. The molecular formula is C13H17NO3. The third-order valence-electron chi connectivity index (χ3n) is 3.05. The molecule has 0 fully saturated rings. The number of benzene rings is 1. The number of methoxy groups -OCH3 is 1. The molecule has 0 aromatic heterocycles. The van der Waals surface area contributed by atoms with Gasteiger partial charge >= 0.3 is 5.97 Å². The van der Waals surface area contributed by atoms with Gasteiger partial charge in [-0.05, 0) is 23.6 Å². The van der Waals surface area contributed by atoms with Gasteiger partial charge in [-0.25, -0.2) is 0 Å². The molecule has 0 atom stereocenters. The molecule has 4 nitrogen and oxygen atoms in total. The van der Waals surface area contributed by atoms with Crippen LogP contribution in [-0.4, -0.2) is 31.3 Å². The number of carboxylic acid groups (broad SMARTS) is 1. The lowest BCUT2D eigenvalue weighted by Crippen LogP contribution is -2.23. The lowest BCUT2D eigenvalue weighted by Gasteiger charge is -2.18. The highest BCUT2D eigenvalue weighted by atomic mass is 16.5. The van der Waals surface area contributed by atoms with E-state index in [1.807, 2.05) is 0 Å². The van der Waals surface area contributed by atoms with Crippen molar-refractivity contribution in [3.8, 4) is 0 Å². The molecule has 0 unspecified atom stereocenters. The van der Waals surface area contributed by atoms with Crippen molar-refractivity contribution in [2.75, 3.05) is 25.1 Å². The van der Waals surface area contributed by atoms with Crippen molar-refractivity contribution in [2.45, 2.75) is 19.4 Å². The zero-order valence-corrected chi connectivity index (χ0v) is 9.98. The minimum Gasteiger partial charge on any atom is -0.481 e. The molecule has 0 saturated carbocycles. The van der Waals surface area contributed by atoms with Gasteiger partial charge in [0.05, 0.1) is 13.0 Å². The highest BCUT2D eigenvalue weighted by Gasteiger charge is 2.19. The Bertz CT molecular complexity index is 417. The van der Waals surface area contributed by atoms with Crippen molar-refractivity contribution >= 4 is 11.7 Å². The maximum absolute atomic E-state index is 10.6. The molecule has 17 heavy (non-hydrogen) atoms. The van der Waals surface area contributed by atoms with Crippen LogP contribution < -0.4 is 4.90 Å². The van der Waals surface area contributed by atoms with E-state index in [0.717, 1.165) is 18.5 Å². The largest absolute Gasteiger partial charge is 0.481 e. The van der Waals surface area contributed by atoms with Crippen LogP contribution in [-0.2, 0) is 22.6 Å². The molecule has 1 aromatic rings. The molecule has 1 heterocycles. The SMILES string of the molecule is COCc1ccc2c(c1)N(CCC(=O)O)CC2. The summed E-state index contributed by atoms with van der Waals surface area (Å²) >= 11 is 0. The monoisotopic (exact) mass is 235 g/mol. The summed E-state index contributed by atoms with van der Waals surface area (Å²) in [7, 11) is 1.68. The number of nitrogens with zero attached hydrogens (tertiary/aromatic N) is 1. The third-order valence-corrected chi connectivity index (χ3v) is 3.05. The number of hydrogen-bond donors (Lipinski definition) is 1. The Morgan fingerprint density at radius 3 is 3.06 bits per heavy atom. The van der Waals surface area contributed by atoms with E-state index in [2.05, 4.69) is 23.1 Å². The van der Waals surface area contributed by atoms with Gasteiger partial charge < -0.3 is 14.7 Å². The van der Waals surface area contributed by atoms with E-state index in [9.17, 15) is 4.79 Å². The molecule has 1 aromatic carbocycles. The van der Waals surface area contributed by atoms with Gasteiger partial charge in [0, 0.05) is 25.9 Å². The van der Waals surface area contributed by atoms with Crippen LogP contribution in [0.2, 0.25) is 0 Å². The fourth-order valence-electron chi connectivity index (χ4n) is 2.21. The third kappa shape index (κ3) is 2.77. The topological polar surface area (TPSA) is 49.8 Å². The zero-order valence-electron chi connectivity index (χ0n) is 9.98. The van der Waals surface area contributed by atoms with Crippen molar-refractivity contribution in [1.82, 2.24) is 0 Å². The van der Waals surface area contributed by atoms with Gasteiger partial charge in [0.1, 0.15) is 0 Å². The summed E-state index contributed by atoms with van der Waals surface area (Å²) in [5, 5.41) is 8.71. The summed E-state index contributed by atoms with van der Waals surface area (Å²) in [5.41, 5.74) is 3.60. The number of aliphatic carboxylic acids is 1. The van der Waals surface area contributed by atoms with Crippen molar-refractivity contribution in [3.63, 3.8) is 0 Å². The highest BCUT2D eigenvalue weighted by molar-refractivity contribution is 5.68. The Kier molecular flexibility index (Phi) is 3.64. The predicted molar refractivity (Wildman–Crippen MR) is 65.3 cm³/mol. The van der Waals surface area contributed by atoms with Crippen LogP contribution in [0.1, 0.15) is 17.5 Å². The van der Waals surface area contributed by atoms with Crippen molar-refractivity contribution < 1.29 is 14.6 Å². The first-order valence-electron chi connectivity index (χ1n) is 5.78. The molecular weight excluding hydrogens is 218 g/mol. The van der Waals surface area contributed by atoms with Gasteiger partial charge in [0.15, 0.2) is 0 Å². The summed E-state index contributed by atoms with van der Waals surface area (Å²) in [6.07, 6.45) is 1.19. The first kappa shape index (κ1) is 11.9. The zero-order chi connectivity index (χ0) is 12.3. The maximum Gasteiger partial charge on any atom is 0.305 e. The van der Waals surface area contributed by atoms with Crippen molar-refractivity contribution in [3.05, 3.63) is 29.3 Å². The van der Waals surface area contributed by atoms with E-state index < -0.39 is 5.97 Å². The van der Waals surface area contributed by atoms with Gasteiger partial charge in [-0.3, -0.25) is 4.79 Å². The van der Waals surface area contributed by atoms with Gasteiger partial charge in [-0.15, -0.1) is 0 Å². The molecule has 1 N–H and O–H groups in total. The van der Waals surface area contributed by atoms with E-state index in [-0.39, 0.29) is 6.42 Å². The number of fused-ring (bicyclic) bond motifs is 1. The second kappa shape index (κ2) is 5.19. The first-order valence-corrected chi connectivity index (χ1v) is 5.78. The number of carboxylic acids is 1. The van der Waals surface area contributed by atoms with Crippen LogP contribution >= 0.6 is 0 Å². The molecule has 0 amide bonds. The van der Waals surface area contributed by atoms with Gasteiger partial charge in [0.2, 0.25) is 0 Å². The Morgan fingerprint density at radius 1 is 1.53 bits per heavy atom. The summed E-state index contributed by atoms with van der Waals surface area (Å²) in [5.74, 6) is -0.744. The Morgan fingerprint density at radius 2 is 2.35 bits per heavy atom. The second-order valence-electron chi connectivity index (χ2n) is 4.28. The highest BCUT2D eigenvalue weighted by Crippen LogP contribution is 2.29. The van der Waals surface area contributed by atoms with Crippen molar-refractivity contribution in [1.29, 1.82) is 0 Å². The average Bonchev–Trinajstić information content (AvgIpc) is 2.69. The minimum atomic E-state index is -0.744. The number of anilines is 1. The predicted octanol–water partition coefficient (Wildman–Crippen LogP) is 1.67. The van der Waals surface area contributed by atoms with E-state index in [1.54, 1.807) is 7.11 Å². The number of rotatable bonds is 5. The Hall–Kier alpha value is -1.55. The molecule has 92 valence electrons. The molecule has 0 bridgehead atoms. The molecule has 0 radical (unpaired) electrons.